The minimum Gasteiger partial charge on any atom is -0.506 e. The van der Waals surface area contributed by atoms with Crippen LogP contribution in [-0.4, -0.2) is 31.9 Å². The molecule has 1 saturated heterocycles. The Labute approximate surface area is 156 Å². The molecule has 2 amide bonds. The SMILES string of the molecule is CCc1ccc(C(N)=O)c(Cc2ccc(N3CC(=O)NS3(=O)=O)c(O)c2)c1. The van der Waals surface area contributed by atoms with Crippen molar-refractivity contribution in [3.8, 4) is 5.75 Å². The summed E-state index contributed by atoms with van der Waals surface area (Å²) in [6.45, 7) is 1.61. The summed E-state index contributed by atoms with van der Waals surface area (Å²) in [6, 6.07) is 9.88. The molecular weight excluding hydrogens is 370 g/mol. The topological polar surface area (TPSA) is 130 Å². The zero-order valence-electron chi connectivity index (χ0n) is 14.6. The highest BCUT2D eigenvalue weighted by molar-refractivity contribution is 7.92. The molecule has 8 nitrogen and oxygen atoms in total. The Balaban J connectivity index is 1.94. The highest BCUT2D eigenvalue weighted by Crippen LogP contribution is 2.32. The predicted molar refractivity (Wildman–Crippen MR) is 99.7 cm³/mol. The minimum atomic E-state index is -4.00. The van der Waals surface area contributed by atoms with Crippen LogP contribution < -0.4 is 14.8 Å². The van der Waals surface area contributed by atoms with Gasteiger partial charge in [-0.2, -0.15) is 8.42 Å². The molecule has 4 N–H and O–H groups in total. The van der Waals surface area contributed by atoms with Crippen molar-refractivity contribution in [1.29, 1.82) is 0 Å². The monoisotopic (exact) mass is 389 g/mol. The van der Waals surface area contributed by atoms with Crippen molar-refractivity contribution in [3.63, 3.8) is 0 Å². The van der Waals surface area contributed by atoms with E-state index in [0.717, 1.165) is 21.9 Å². The molecule has 9 heteroatoms. The van der Waals surface area contributed by atoms with Gasteiger partial charge < -0.3 is 10.8 Å². The number of phenols is 1. The fourth-order valence-electron chi connectivity index (χ4n) is 3.02. The molecule has 0 atom stereocenters. The first kappa shape index (κ1) is 18.7. The van der Waals surface area contributed by atoms with Crippen molar-refractivity contribution in [1.82, 2.24) is 4.72 Å². The van der Waals surface area contributed by atoms with Crippen molar-refractivity contribution in [2.75, 3.05) is 10.8 Å². The Bertz CT molecular complexity index is 1030. The summed E-state index contributed by atoms with van der Waals surface area (Å²) in [7, 11) is -4.00. The first-order valence-electron chi connectivity index (χ1n) is 8.28. The van der Waals surface area contributed by atoms with E-state index < -0.39 is 22.0 Å². The van der Waals surface area contributed by atoms with Gasteiger partial charge in [0.15, 0.2) is 0 Å². The Kier molecular flexibility index (Phi) is 4.79. The van der Waals surface area contributed by atoms with Gasteiger partial charge in [0, 0.05) is 5.56 Å². The van der Waals surface area contributed by atoms with Gasteiger partial charge in [-0.1, -0.05) is 25.1 Å². The first-order chi connectivity index (χ1) is 12.7. The van der Waals surface area contributed by atoms with Gasteiger partial charge in [-0.25, -0.2) is 9.03 Å². The number of hydrogen-bond donors (Lipinski definition) is 3. The van der Waals surface area contributed by atoms with Crippen LogP contribution in [0.4, 0.5) is 5.69 Å². The van der Waals surface area contributed by atoms with Gasteiger partial charge in [0.1, 0.15) is 12.3 Å². The van der Waals surface area contributed by atoms with E-state index in [0.29, 0.717) is 17.5 Å². The lowest BCUT2D eigenvalue weighted by Crippen LogP contribution is -2.29. The number of carbonyl (C=O) groups is 2. The van der Waals surface area contributed by atoms with Crippen LogP contribution >= 0.6 is 0 Å². The summed E-state index contributed by atoms with van der Waals surface area (Å²) in [5, 5.41) is 10.3. The smallest absolute Gasteiger partial charge is 0.326 e. The molecule has 1 aliphatic heterocycles. The number of aromatic hydroxyl groups is 1. The van der Waals surface area contributed by atoms with E-state index in [9.17, 15) is 23.1 Å². The summed E-state index contributed by atoms with van der Waals surface area (Å²) < 4.78 is 26.5. The van der Waals surface area contributed by atoms with Gasteiger partial charge in [0.25, 0.3) is 5.91 Å². The van der Waals surface area contributed by atoms with Crippen LogP contribution in [0.5, 0.6) is 5.75 Å². The van der Waals surface area contributed by atoms with Gasteiger partial charge >= 0.3 is 10.2 Å². The fourth-order valence-corrected chi connectivity index (χ4v) is 4.19. The summed E-state index contributed by atoms with van der Waals surface area (Å²) in [4.78, 5) is 23.0. The van der Waals surface area contributed by atoms with Crippen LogP contribution in [-0.2, 0) is 27.8 Å². The standard InChI is InChI=1S/C18H19N3O5S/c1-2-11-3-5-14(18(19)24)13(7-11)8-12-4-6-15(16(22)9-12)21-10-17(23)20-27(21,25)26/h3-7,9,22H,2,8,10H2,1H3,(H2,19,24)(H,20,23). The number of primary amides is 1. The van der Waals surface area contributed by atoms with E-state index >= 15 is 0 Å². The van der Waals surface area contributed by atoms with Crippen LogP contribution in [0.2, 0.25) is 0 Å². The maximum Gasteiger partial charge on any atom is 0.326 e. The molecule has 0 saturated carbocycles. The maximum absolute atomic E-state index is 11.9. The van der Waals surface area contributed by atoms with Crippen LogP contribution in [0, 0.1) is 0 Å². The molecule has 0 aromatic heterocycles. The van der Waals surface area contributed by atoms with Gasteiger partial charge in [0.2, 0.25) is 5.91 Å². The van der Waals surface area contributed by atoms with Crippen LogP contribution in [0.25, 0.3) is 0 Å². The molecule has 0 unspecified atom stereocenters. The van der Waals surface area contributed by atoms with Crippen molar-refractivity contribution < 1.29 is 23.1 Å². The maximum atomic E-state index is 11.9. The van der Waals surface area contributed by atoms with Crippen molar-refractivity contribution in [2.45, 2.75) is 19.8 Å². The average molecular weight is 389 g/mol. The second kappa shape index (κ2) is 6.92. The van der Waals surface area contributed by atoms with Gasteiger partial charge in [-0.15, -0.1) is 0 Å². The highest BCUT2D eigenvalue weighted by Gasteiger charge is 2.35. The molecule has 2 aromatic rings. The van der Waals surface area contributed by atoms with E-state index in [4.69, 9.17) is 5.73 Å². The molecule has 0 bridgehead atoms. The molecule has 1 heterocycles. The summed E-state index contributed by atoms with van der Waals surface area (Å²) in [5.74, 6) is -1.48. The number of anilines is 1. The van der Waals surface area contributed by atoms with E-state index in [1.807, 2.05) is 23.8 Å². The second-order valence-electron chi connectivity index (χ2n) is 6.25. The zero-order valence-corrected chi connectivity index (χ0v) is 15.4. The molecule has 142 valence electrons. The number of carbonyl (C=O) groups excluding carboxylic acids is 2. The molecule has 27 heavy (non-hydrogen) atoms. The van der Waals surface area contributed by atoms with Crippen LogP contribution in [0.1, 0.15) is 34.0 Å². The van der Waals surface area contributed by atoms with Gasteiger partial charge in [0.05, 0.1) is 5.69 Å². The molecule has 3 rings (SSSR count). The number of nitrogens with one attached hydrogen (secondary N) is 1. The van der Waals surface area contributed by atoms with Crippen LogP contribution in [0.3, 0.4) is 0 Å². The molecule has 0 radical (unpaired) electrons. The van der Waals surface area contributed by atoms with E-state index in [2.05, 4.69) is 0 Å². The third-order valence-corrected chi connectivity index (χ3v) is 5.76. The van der Waals surface area contributed by atoms with Gasteiger partial charge in [-0.3, -0.25) is 9.59 Å². The Morgan fingerprint density at radius 2 is 1.93 bits per heavy atom. The number of aryl methyl sites for hydroxylation is 1. The highest BCUT2D eigenvalue weighted by atomic mass is 32.2. The number of benzene rings is 2. The lowest BCUT2D eigenvalue weighted by molar-refractivity contribution is -0.117. The zero-order chi connectivity index (χ0) is 19.8. The van der Waals surface area contributed by atoms with Crippen LogP contribution in [0.15, 0.2) is 36.4 Å². The minimum absolute atomic E-state index is 0.00883. The van der Waals surface area contributed by atoms with E-state index in [1.165, 1.54) is 12.1 Å². The number of nitrogens with zero attached hydrogens (tertiary/aromatic N) is 1. The summed E-state index contributed by atoms with van der Waals surface area (Å²) >= 11 is 0. The number of phenolic OH excluding ortho intramolecular Hbond substituents is 1. The fraction of sp³-hybridized carbons (Fsp3) is 0.222. The Hall–Kier alpha value is -3.07. The lowest BCUT2D eigenvalue weighted by atomic mass is 9.96. The predicted octanol–water partition coefficient (Wildman–Crippen LogP) is 0.825. The average Bonchev–Trinajstić information content (AvgIpc) is 2.86. The van der Waals surface area contributed by atoms with Gasteiger partial charge in [-0.05, 0) is 47.7 Å². The third kappa shape index (κ3) is 3.72. The molecule has 2 aromatic carbocycles. The number of rotatable bonds is 5. The van der Waals surface area contributed by atoms with Crippen molar-refractivity contribution in [2.24, 2.45) is 5.73 Å². The van der Waals surface area contributed by atoms with E-state index in [1.54, 1.807) is 12.1 Å². The van der Waals surface area contributed by atoms with Crippen molar-refractivity contribution >= 4 is 27.7 Å². The molecule has 0 spiro atoms. The third-order valence-electron chi connectivity index (χ3n) is 4.37. The van der Waals surface area contributed by atoms with E-state index in [-0.39, 0.29) is 18.0 Å². The molecular formula is C18H19N3O5S. The number of amides is 2. The number of hydrogen-bond acceptors (Lipinski definition) is 5. The first-order valence-corrected chi connectivity index (χ1v) is 9.72. The Morgan fingerprint density at radius 1 is 1.22 bits per heavy atom. The summed E-state index contributed by atoms with van der Waals surface area (Å²) in [6.07, 6.45) is 1.13. The molecule has 0 aliphatic carbocycles. The van der Waals surface area contributed by atoms with Crippen molar-refractivity contribution in [3.05, 3.63) is 58.7 Å². The number of nitrogens with two attached hydrogens (primary N) is 1. The normalized spacial score (nSPS) is 15.6. The second-order valence-corrected chi connectivity index (χ2v) is 7.84. The summed E-state index contributed by atoms with van der Waals surface area (Å²) in [5.41, 5.74) is 8.28. The quantitative estimate of drug-likeness (QED) is 0.697. The largest absolute Gasteiger partial charge is 0.506 e. The lowest BCUT2D eigenvalue weighted by Gasteiger charge is -2.17. The Morgan fingerprint density at radius 3 is 2.48 bits per heavy atom. The molecule has 1 fully saturated rings. The molecule has 1 aliphatic rings.